The summed E-state index contributed by atoms with van der Waals surface area (Å²) < 4.78 is 0. The third kappa shape index (κ3) is 1.99. The number of carbonyl (C=O) groups is 2. The van der Waals surface area contributed by atoms with Crippen molar-refractivity contribution < 1.29 is 9.59 Å². The number of nitrogens with zero attached hydrogens (tertiary/aromatic N) is 2. The summed E-state index contributed by atoms with van der Waals surface area (Å²) in [5, 5.41) is 2.78. The molecule has 0 spiro atoms. The molecule has 1 aromatic heterocycles. The Bertz CT molecular complexity index is 604. The summed E-state index contributed by atoms with van der Waals surface area (Å²) >= 11 is 0. The summed E-state index contributed by atoms with van der Waals surface area (Å²) in [5.74, 6) is -1.00. The molecule has 2 rings (SSSR count). The second kappa shape index (κ2) is 4.40. The highest BCUT2D eigenvalue weighted by atomic mass is 16.1. The Morgan fingerprint density at radius 1 is 1.56 bits per heavy atom. The van der Waals surface area contributed by atoms with Gasteiger partial charge in [-0.25, -0.2) is 4.99 Å². The zero-order valence-electron chi connectivity index (χ0n) is 9.56. The van der Waals surface area contributed by atoms with Crippen LogP contribution in [0.15, 0.2) is 9.79 Å². The van der Waals surface area contributed by atoms with Gasteiger partial charge in [-0.1, -0.05) is 0 Å². The van der Waals surface area contributed by atoms with Crippen LogP contribution in [0.5, 0.6) is 0 Å². The highest BCUT2D eigenvalue weighted by Crippen LogP contribution is 2.21. The Hall–Kier alpha value is -2.51. The molecular weight excluding hydrogens is 238 g/mol. The van der Waals surface area contributed by atoms with Gasteiger partial charge >= 0.3 is 0 Å². The number of aldehydes is 1. The summed E-state index contributed by atoms with van der Waals surface area (Å²) in [7, 11) is 0. The number of hydrogen-bond donors (Lipinski definition) is 3. The van der Waals surface area contributed by atoms with Gasteiger partial charge in [0.25, 0.3) is 5.56 Å². The molecule has 1 aromatic rings. The second-order valence-corrected chi connectivity index (χ2v) is 3.85. The summed E-state index contributed by atoms with van der Waals surface area (Å²) in [6.45, 7) is 1.58. The Kier molecular flexibility index (Phi) is 2.92. The van der Waals surface area contributed by atoms with E-state index in [4.69, 9.17) is 5.73 Å². The number of aromatic amines is 1. The molecule has 0 fully saturated rings. The molecular formula is C10H11N5O3. The van der Waals surface area contributed by atoms with Crippen molar-refractivity contribution >= 4 is 35.2 Å². The van der Waals surface area contributed by atoms with Crippen molar-refractivity contribution in [3.63, 3.8) is 0 Å². The molecule has 1 aliphatic rings. The van der Waals surface area contributed by atoms with Crippen LogP contribution < -0.4 is 16.6 Å². The number of H-pyrrole nitrogens is 1. The van der Waals surface area contributed by atoms with Gasteiger partial charge < -0.3 is 15.8 Å². The average Bonchev–Trinajstić information content (AvgIpc) is 2.36. The first-order valence-electron chi connectivity index (χ1n) is 5.23. The largest absolute Gasteiger partial charge is 0.369 e. The molecule has 4 N–H and O–H groups in total. The van der Waals surface area contributed by atoms with E-state index < -0.39 is 17.3 Å². The fraction of sp³-hybridized carbons (Fsp3) is 0.300. The lowest BCUT2D eigenvalue weighted by molar-refractivity contribution is -0.122. The van der Waals surface area contributed by atoms with Crippen LogP contribution in [-0.4, -0.2) is 34.3 Å². The van der Waals surface area contributed by atoms with Crippen molar-refractivity contribution in [3.05, 3.63) is 10.4 Å². The zero-order valence-corrected chi connectivity index (χ0v) is 9.56. The van der Waals surface area contributed by atoms with Gasteiger partial charge in [0.1, 0.15) is 12.0 Å². The third-order valence-electron chi connectivity index (χ3n) is 2.49. The molecule has 2 heterocycles. The number of aliphatic imine (C=N–C) groups is 1. The van der Waals surface area contributed by atoms with Crippen molar-refractivity contribution in [2.75, 3.05) is 17.6 Å². The van der Waals surface area contributed by atoms with Crippen LogP contribution in [0.3, 0.4) is 0 Å². The van der Waals surface area contributed by atoms with Crippen LogP contribution in [0.25, 0.3) is 0 Å². The maximum atomic E-state index is 11.8. The van der Waals surface area contributed by atoms with E-state index in [1.165, 1.54) is 6.92 Å². The van der Waals surface area contributed by atoms with Gasteiger partial charge in [-0.3, -0.25) is 14.6 Å². The van der Waals surface area contributed by atoms with Gasteiger partial charge in [0.05, 0.1) is 12.5 Å². The van der Waals surface area contributed by atoms with Gasteiger partial charge in [0.2, 0.25) is 5.95 Å². The van der Waals surface area contributed by atoms with Crippen LogP contribution in [0.1, 0.15) is 6.92 Å². The summed E-state index contributed by atoms with van der Waals surface area (Å²) in [4.78, 5) is 44.0. The van der Waals surface area contributed by atoms with E-state index in [2.05, 4.69) is 20.3 Å². The number of carbonyl (C=O) groups excluding carboxylic acids is 2. The van der Waals surface area contributed by atoms with E-state index in [0.717, 1.165) is 0 Å². The van der Waals surface area contributed by atoms with Crippen molar-refractivity contribution in [2.45, 2.75) is 6.92 Å². The SMILES string of the molecule is C[C@H](C=O)C(=O)C1=Nc2c(nc(N)[nH]c2=O)NC1. The fourth-order valence-corrected chi connectivity index (χ4v) is 1.52. The van der Waals surface area contributed by atoms with Crippen molar-refractivity contribution in [2.24, 2.45) is 10.9 Å². The summed E-state index contributed by atoms with van der Waals surface area (Å²) in [5.41, 5.74) is 4.97. The predicted octanol–water partition coefficient (Wildman–Crippen LogP) is -0.746. The predicted molar refractivity (Wildman–Crippen MR) is 65.1 cm³/mol. The topological polar surface area (TPSA) is 130 Å². The van der Waals surface area contributed by atoms with Crippen LogP contribution in [0.2, 0.25) is 0 Å². The Morgan fingerprint density at radius 2 is 2.28 bits per heavy atom. The summed E-state index contributed by atoms with van der Waals surface area (Å²) in [6.07, 6.45) is 0.534. The van der Waals surface area contributed by atoms with Crippen LogP contribution in [0.4, 0.5) is 17.5 Å². The number of anilines is 2. The Labute approximate surface area is 101 Å². The normalized spacial score (nSPS) is 15.1. The zero-order chi connectivity index (χ0) is 13.3. The highest BCUT2D eigenvalue weighted by Gasteiger charge is 2.24. The van der Waals surface area contributed by atoms with Gasteiger partial charge in [0, 0.05) is 0 Å². The molecule has 8 nitrogen and oxygen atoms in total. The Morgan fingerprint density at radius 3 is 2.94 bits per heavy atom. The van der Waals surface area contributed by atoms with E-state index in [1.807, 2.05) is 0 Å². The van der Waals surface area contributed by atoms with Crippen LogP contribution in [-0.2, 0) is 9.59 Å². The van der Waals surface area contributed by atoms with Crippen molar-refractivity contribution in [1.29, 1.82) is 0 Å². The standard InChI is InChI=1S/C10H11N5O3/c1-4(3-16)7(17)5-2-12-8-6(13-5)9(18)15-10(11)14-8/h3-4H,2H2,1H3,(H4,11,12,14,15,18)/t4-/m1/s1. The minimum absolute atomic E-state index is 0.00287. The molecule has 1 aliphatic heterocycles. The first-order chi connectivity index (χ1) is 8.52. The van der Waals surface area contributed by atoms with Gasteiger partial charge in [0.15, 0.2) is 17.3 Å². The molecule has 0 amide bonds. The number of fused-ring (bicyclic) bond motifs is 1. The summed E-state index contributed by atoms with van der Waals surface area (Å²) in [6, 6.07) is 0. The second-order valence-electron chi connectivity index (χ2n) is 3.85. The molecule has 0 unspecified atom stereocenters. The van der Waals surface area contributed by atoms with E-state index in [9.17, 15) is 14.4 Å². The minimum atomic E-state index is -0.784. The maximum absolute atomic E-state index is 11.8. The molecule has 1 atom stereocenters. The number of aromatic nitrogens is 2. The highest BCUT2D eigenvalue weighted by molar-refractivity contribution is 6.44. The van der Waals surface area contributed by atoms with Gasteiger partial charge in [-0.05, 0) is 6.92 Å². The smallest absolute Gasteiger partial charge is 0.280 e. The monoisotopic (exact) mass is 249 g/mol. The van der Waals surface area contributed by atoms with Crippen molar-refractivity contribution in [3.8, 4) is 0 Å². The van der Waals surface area contributed by atoms with E-state index in [0.29, 0.717) is 6.29 Å². The lowest BCUT2D eigenvalue weighted by Gasteiger charge is -2.16. The molecule has 0 aliphatic carbocycles. The maximum Gasteiger partial charge on any atom is 0.280 e. The van der Waals surface area contributed by atoms with Crippen LogP contribution >= 0.6 is 0 Å². The van der Waals surface area contributed by atoms with E-state index >= 15 is 0 Å². The molecule has 8 heteroatoms. The van der Waals surface area contributed by atoms with Crippen molar-refractivity contribution in [1.82, 2.24) is 9.97 Å². The van der Waals surface area contributed by atoms with E-state index in [1.54, 1.807) is 0 Å². The Balaban J connectivity index is 2.45. The molecule has 0 radical (unpaired) electrons. The first kappa shape index (κ1) is 12.0. The molecule has 0 aromatic carbocycles. The fourth-order valence-electron chi connectivity index (χ4n) is 1.52. The van der Waals surface area contributed by atoms with Gasteiger partial charge in [-0.15, -0.1) is 0 Å². The number of nitrogens with one attached hydrogen (secondary N) is 2. The van der Waals surface area contributed by atoms with Gasteiger partial charge in [-0.2, -0.15) is 4.98 Å². The number of nitrogens with two attached hydrogens (primary N) is 1. The molecule has 18 heavy (non-hydrogen) atoms. The number of rotatable bonds is 3. The molecule has 0 bridgehead atoms. The lowest BCUT2D eigenvalue weighted by atomic mass is 10.0. The molecule has 0 saturated heterocycles. The molecule has 0 saturated carbocycles. The first-order valence-corrected chi connectivity index (χ1v) is 5.23. The average molecular weight is 249 g/mol. The minimum Gasteiger partial charge on any atom is -0.369 e. The van der Waals surface area contributed by atoms with E-state index in [-0.39, 0.29) is 29.7 Å². The number of Topliss-reactive ketones (excluding diaryl/α,β-unsaturated/α-hetero) is 1. The third-order valence-corrected chi connectivity index (χ3v) is 2.49. The van der Waals surface area contributed by atoms with Crippen LogP contribution in [0, 0.1) is 5.92 Å². The lowest BCUT2D eigenvalue weighted by Crippen LogP contribution is -2.32. The molecule has 94 valence electrons. The number of nitrogen functional groups attached to an aromatic ring is 1. The quantitative estimate of drug-likeness (QED) is 0.477. The number of ketones is 1. The number of hydrogen-bond acceptors (Lipinski definition) is 7.